The predicted octanol–water partition coefficient (Wildman–Crippen LogP) is 16.5. The number of hydrogen-bond donors (Lipinski definition) is 0. The third-order valence-corrected chi connectivity index (χ3v) is 13.1. The number of furan rings is 3. The molecule has 3 aromatic heterocycles. The van der Waals surface area contributed by atoms with Crippen LogP contribution in [-0.4, -0.2) is 0 Å². The van der Waals surface area contributed by atoms with Crippen molar-refractivity contribution in [3.05, 3.63) is 199 Å². The van der Waals surface area contributed by atoms with E-state index in [9.17, 15) is 0 Å². The molecule has 0 amide bonds. The number of rotatable bonds is 5. The van der Waals surface area contributed by atoms with Crippen LogP contribution < -0.4 is 4.90 Å². The number of fused-ring (bicyclic) bond motifs is 12. The molecular weight excluding hydrogens is 747 g/mol. The molecule has 0 fully saturated rings. The smallest absolute Gasteiger partial charge is 0.159 e. The summed E-state index contributed by atoms with van der Waals surface area (Å²) in [5, 5.41) is 6.43. The largest absolute Gasteiger partial charge is 0.456 e. The Hall–Kier alpha value is -7.82. The number of anilines is 3. The molecule has 0 saturated carbocycles. The van der Waals surface area contributed by atoms with E-state index in [2.05, 4.69) is 195 Å². The highest BCUT2D eigenvalue weighted by molar-refractivity contribution is 6.19. The Morgan fingerprint density at radius 3 is 1.90 bits per heavy atom. The summed E-state index contributed by atoms with van der Waals surface area (Å²) in [7, 11) is 0. The molecule has 0 saturated heterocycles. The van der Waals surface area contributed by atoms with Crippen LogP contribution in [0.1, 0.15) is 25.0 Å². The van der Waals surface area contributed by atoms with E-state index in [1.807, 2.05) is 12.1 Å². The molecule has 0 spiro atoms. The summed E-state index contributed by atoms with van der Waals surface area (Å²) in [5.41, 5.74) is 17.9. The molecule has 0 unspecified atom stereocenters. The third-order valence-electron chi connectivity index (χ3n) is 13.1. The van der Waals surface area contributed by atoms with Gasteiger partial charge in [-0.3, -0.25) is 0 Å². The van der Waals surface area contributed by atoms with Crippen molar-refractivity contribution in [2.45, 2.75) is 19.3 Å². The van der Waals surface area contributed by atoms with Gasteiger partial charge < -0.3 is 18.2 Å². The monoisotopic (exact) mass is 783 g/mol. The van der Waals surface area contributed by atoms with Gasteiger partial charge in [0.1, 0.15) is 27.9 Å². The second-order valence-corrected chi connectivity index (χ2v) is 16.8. The maximum absolute atomic E-state index is 7.03. The predicted molar refractivity (Wildman–Crippen MR) is 251 cm³/mol. The summed E-state index contributed by atoms with van der Waals surface area (Å²) in [5.74, 6) is 0. The van der Waals surface area contributed by atoms with E-state index in [4.69, 9.17) is 13.3 Å². The second-order valence-electron chi connectivity index (χ2n) is 16.8. The quantitative estimate of drug-likeness (QED) is 0.174. The average molecular weight is 784 g/mol. The topological polar surface area (TPSA) is 42.7 Å². The van der Waals surface area contributed by atoms with E-state index in [0.717, 1.165) is 105 Å². The van der Waals surface area contributed by atoms with Crippen LogP contribution in [0.3, 0.4) is 0 Å². The van der Waals surface area contributed by atoms with Crippen LogP contribution in [0.4, 0.5) is 17.1 Å². The third kappa shape index (κ3) is 5.00. The Morgan fingerprint density at radius 2 is 1.00 bits per heavy atom. The lowest BCUT2D eigenvalue weighted by atomic mass is 9.82. The first-order valence-electron chi connectivity index (χ1n) is 20.9. The van der Waals surface area contributed by atoms with Gasteiger partial charge in [-0.15, -0.1) is 0 Å². The summed E-state index contributed by atoms with van der Waals surface area (Å²) in [6, 6.07) is 67.0. The minimum absolute atomic E-state index is 0.159. The summed E-state index contributed by atoms with van der Waals surface area (Å²) >= 11 is 0. The van der Waals surface area contributed by atoms with Crippen LogP contribution >= 0.6 is 0 Å². The number of para-hydroxylation sites is 2. The highest BCUT2D eigenvalue weighted by Crippen LogP contribution is 2.52. The molecule has 12 aromatic rings. The molecule has 0 atom stereocenters. The average Bonchev–Trinajstić information content (AvgIpc) is 4.04. The zero-order valence-electron chi connectivity index (χ0n) is 33.6. The van der Waals surface area contributed by atoms with E-state index in [-0.39, 0.29) is 5.41 Å². The number of hydrogen-bond acceptors (Lipinski definition) is 4. The van der Waals surface area contributed by atoms with Crippen molar-refractivity contribution in [3.63, 3.8) is 0 Å². The van der Waals surface area contributed by atoms with Crippen molar-refractivity contribution in [1.29, 1.82) is 0 Å². The Labute approximate surface area is 351 Å². The maximum atomic E-state index is 7.03. The fourth-order valence-corrected chi connectivity index (χ4v) is 10.1. The van der Waals surface area contributed by atoms with Gasteiger partial charge in [-0.1, -0.05) is 135 Å². The van der Waals surface area contributed by atoms with Crippen LogP contribution in [0.2, 0.25) is 0 Å². The summed E-state index contributed by atoms with van der Waals surface area (Å²) < 4.78 is 19.8. The molecule has 3 heterocycles. The fourth-order valence-electron chi connectivity index (χ4n) is 10.1. The van der Waals surface area contributed by atoms with Crippen molar-refractivity contribution >= 4 is 82.9 Å². The van der Waals surface area contributed by atoms with Gasteiger partial charge in [-0.05, 0) is 111 Å². The number of nitrogens with zero attached hydrogens (tertiary/aromatic N) is 1. The lowest BCUT2D eigenvalue weighted by Crippen LogP contribution is -2.16. The SMILES string of the molecule is CC1(C)c2ccccc2-c2ccc(N(c3ccc(-c4ccc5oc6ccccc6c5c4)cc3)c3cccc4c3oc3cc5c(cc34)oc3cccc(-c4ccccc4)c35)cc21. The standard InChI is InChI=1S/C57H37NO3/c1-57(2)47-18-8-6-14-40(47)41-28-27-38(31-48(41)57)58(37-25-22-34(23-26-37)36-24-29-51-44(30-36)42-15-7-9-20-50(42)59-51)49-19-10-17-43-45-32-54-46(33-53(45)61-56(43)49)55-39(16-11-21-52(55)60-54)35-12-4-3-5-13-35/h3-33H,1-2H3. The Bertz CT molecular complexity index is 3730. The minimum Gasteiger partial charge on any atom is -0.456 e. The molecule has 1 aliphatic carbocycles. The van der Waals surface area contributed by atoms with E-state index in [1.54, 1.807) is 0 Å². The van der Waals surface area contributed by atoms with Crippen molar-refractivity contribution in [2.24, 2.45) is 0 Å². The van der Waals surface area contributed by atoms with Crippen molar-refractivity contribution in [2.75, 3.05) is 4.90 Å². The van der Waals surface area contributed by atoms with Crippen LogP contribution in [0.25, 0.3) is 99.2 Å². The molecule has 4 nitrogen and oxygen atoms in total. The van der Waals surface area contributed by atoms with Gasteiger partial charge in [0.25, 0.3) is 0 Å². The fraction of sp³-hybridized carbons (Fsp3) is 0.0526. The van der Waals surface area contributed by atoms with Crippen molar-refractivity contribution in [1.82, 2.24) is 0 Å². The van der Waals surface area contributed by atoms with Gasteiger partial charge >= 0.3 is 0 Å². The van der Waals surface area contributed by atoms with Gasteiger partial charge in [-0.25, -0.2) is 0 Å². The van der Waals surface area contributed by atoms with Crippen molar-refractivity contribution < 1.29 is 13.3 Å². The highest BCUT2D eigenvalue weighted by atomic mass is 16.3. The number of benzene rings is 9. The van der Waals surface area contributed by atoms with E-state index < -0.39 is 0 Å². The first-order valence-corrected chi connectivity index (χ1v) is 20.9. The zero-order chi connectivity index (χ0) is 40.4. The van der Waals surface area contributed by atoms with Crippen LogP contribution in [-0.2, 0) is 5.41 Å². The Balaban J connectivity index is 0.994. The highest BCUT2D eigenvalue weighted by Gasteiger charge is 2.36. The molecule has 9 aromatic carbocycles. The lowest BCUT2D eigenvalue weighted by Gasteiger charge is -2.28. The molecule has 13 rings (SSSR count). The molecule has 288 valence electrons. The zero-order valence-corrected chi connectivity index (χ0v) is 33.6. The molecular formula is C57H37NO3. The van der Waals surface area contributed by atoms with Crippen LogP contribution in [0.5, 0.6) is 0 Å². The summed E-state index contributed by atoms with van der Waals surface area (Å²) in [6.45, 7) is 4.67. The molecule has 1 aliphatic rings. The normalized spacial score (nSPS) is 13.2. The summed E-state index contributed by atoms with van der Waals surface area (Å²) in [6.07, 6.45) is 0. The molecule has 4 heteroatoms. The van der Waals surface area contributed by atoms with Crippen LogP contribution in [0.15, 0.2) is 201 Å². The van der Waals surface area contributed by atoms with Gasteiger partial charge in [0.15, 0.2) is 5.58 Å². The van der Waals surface area contributed by atoms with Crippen LogP contribution in [0, 0.1) is 0 Å². The molecule has 0 bridgehead atoms. The Kier molecular flexibility index (Phi) is 7.04. The van der Waals surface area contributed by atoms with Gasteiger partial charge in [0, 0.05) is 49.1 Å². The summed E-state index contributed by atoms with van der Waals surface area (Å²) in [4.78, 5) is 2.35. The minimum atomic E-state index is -0.159. The molecule has 0 aliphatic heterocycles. The maximum Gasteiger partial charge on any atom is 0.159 e. The van der Waals surface area contributed by atoms with Crippen molar-refractivity contribution in [3.8, 4) is 33.4 Å². The molecule has 61 heavy (non-hydrogen) atoms. The van der Waals surface area contributed by atoms with E-state index >= 15 is 0 Å². The van der Waals surface area contributed by atoms with Gasteiger partial charge in [0.05, 0.1) is 5.69 Å². The molecule has 0 N–H and O–H groups in total. The van der Waals surface area contributed by atoms with E-state index in [0.29, 0.717) is 0 Å². The molecule has 0 radical (unpaired) electrons. The lowest BCUT2D eigenvalue weighted by molar-refractivity contribution is 0.660. The van der Waals surface area contributed by atoms with Gasteiger partial charge in [0.2, 0.25) is 0 Å². The first-order chi connectivity index (χ1) is 30.0. The van der Waals surface area contributed by atoms with E-state index in [1.165, 1.54) is 22.3 Å². The van der Waals surface area contributed by atoms with Gasteiger partial charge in [-0.2, -0.15) is 0 Å². The second kappa shape index (κ2) is 12.6. The Morgan fingerprint density at radius 1 is 0.361 bits per heavy atom. The first kappa shape index (κ1) is 34.1.